The number of carbonyl (C=O) groups is 1. The molecule has 6 nitrogen and oxygen atoms in total. The van der Waals surface area contributed by atoms with Crippen molar-refractivity contribution in [1.82, 2.24) is 19.9 Å². The first-order valence-corrected chi connectivity index (χ1v) is 8.31. The van der Waals surface area contributed by atoms with Crippen LogP contribution in [0, 0.1) is 13.8 Å². The number of carbonyl (C=O) groups excluding carboxylic acids is 1. The van der Waals surface area contributed by atoms with E-state index in [2.05, 4.69) is 10.3 Å². The Balaban J connectivity index is 2.20. The van der Waals surface area contributed by atoms with E-state index in [4.69, 9.17) is 4.98 Å². The van der Waals surface area contributed by atoms with E-state index < -0.39 is 0 Å². The number of hydrogen-bond acceptors (Lipinski definition) is 4. The Labute approximate surface area is 144 Å². The van der Waals surface area contributed by atoms with E-state index in [1.54, 1.807) is 18.3 Å². The zero-order valence-electron chi connectivity index (χ0n) is 14.3. The molecule has 126 valence electrons. The van der Waals surface area contributed by atoms with Crippen molar-refractivity contribution in [1.29, 1.82) is 0 Å². The minimum atomic E-state index is -0.348. The van der Waals surface area contributed by atoms with Crippen molar-refractivity contribution < 1.29 is 4.79 Å². The third-order valence-corrected chi connectivity index (χ3v) is 4.61. The summed E-state index contributed by atoms with van der Waals surface area (Å²) in [5.74, 6) is 0.623. The molecule has 0 saturated heterocycles. The first-order valence-electron chi connectivity index (χ1n) is 8.31. The van der Waals surface area contributed by atoms with Gasteiger partial charge in [0.25, 0.3) is 11.5 Å². The van der Waals surface area contributed by atoms with Gasteiger partial charge in [0.2, 0.25) is 0 Å². The molecule has 1 amide bonds. The molecule has 25 heavy (non-hydrogen) atoms. The molecule has 1 aromatic carbocycles. The molecule has 4 rings (SSSR count). The fraction of sp³-hybridized carbons (Fsp3) is 0.263. The second-order valence-electron chi connectivity index (χ2n) is 6.40. The predicted molar refractivity (Wildman–Crippen MR) is 95.1 cm³/mol. The van der Waals surface area contributed by atoms with Gasteiger partial charge in [0, 0.05) is 6.20 Å². The van der Waals surface area contributed by atoms with Gasteiger partial charge in [-0.15, -0.1) is 0 Å². The topological polar surface area (TPSA) is 76.9 Å². The second kappa shape index (κ2) is 5.51. The highest BCUT2D eigenvalue weighted by Gasteiger charge is 2.29. The average molecular weight is 334 g/mol. The van der Waals surface area contributed by atoms with Crippen LogP contribution in [0.3, 0.4) is 0 Å². The van der Waals surface area contributed by atoms with Crippen LogP contribution in [0.4, 0.5) is 0 Å². The first kappa shape index (κ1) is 15.5. The van der Waals surface area contributed by atoms with Crippen LogP contribution in [0.5, 0.6) is 0 Å². The lowest BCUT2D eigenvalue weighted by molar-refractivity contribution is 0.0937. The van der Waals surface area contributed by atoms with Gasteiger partial charge >= 0.3 is 0 Å². The van der Waals surface area contributed by atoms with Crippen LogP contribution in [-0.2, 0) is 0 Å². The maximum atomic E-state index is 13.3. The molecule has 0 radical (unpaired) electrons. The molecule has 3 heterocycles. The van der Waals surface area contributed by atoms with Crippen LogP contribution in [0.1, 0.15) is 46.7 Å². The monoisotopic (exact) mass is 334 g/mol. The zero-order chi connectivity index (χ0) is 17.7. The van der Waals surface area contributed by atoms with Crippen molar-refractivity contribution >= 4 is 16.8 Å². The van der Waals surface area contributed by atoms with Crippen molar-refractivity contribution in [2.24, 2.45) is 0 Å². The fourth-order valence-corrected chi connectivity index (χ4v) is 3.48. The number of nitrogens with zero attached hydrogens (tertiary/aromatic N) is 3. The van der Waals surface area contributed by atoms with Gasteiger partial charge in [0.05, 0.1) is 22.5 Å². The van der Waals surface area contributed by atoms with E-state index in [-0.39, 0.29) is 17.5 Å². The summed E-state index contributed by atoms with van der Waals surface area (Å²) in [6, 6.07) is 6.90. The lowest BCUT2D eigenvalue weighted by Gasteiger charge is -2.18. The smallest absolute Gasteiger partial charge is 0.267 e. The van der Waals surface area contributed by atoms with Crippen molar-refractivity contribution in [3.63, 3.8) is 0 Å². The molecule has 2 aromatic heterocycles. The van der Waals surface area contributed by atoms with Crippen molar-refractivity contribution in [2.45, 2.75) is 33.2 Å². The fourth-order valence-electron chi connectivity index (χ4n) is 3.48. The minimum Gasteiger partial charge on any atom is -0.342 e. The molecular weight excluding hydrogens is 316 g/mol. The highest BCUT2D eigenvalue weighted by Crippen LogP contribution is 2.26. The van der Waals surface area contributed by atoms with Gasteiger partial charge in [-0.2, -0.15) is 0 Å². The summed E-state index contributed by atoms with van der Waals surface area (Å²) < 4.78 is 1.49. The molecule has 0 fully saturated rings. The Morgan fingerprint density at radius 2 is 2.04 bits per heavy atom. The quantitative estimate of drug-likeness (QED) is 0.742. The Kier molecular flexibility index (Phi) is 3.42. The van der Waals surface area contributed by atoms with E-state index in [0.717, 1.165) is 11.1 Å². The molecule has 3 aromatic rings. The minimum absolute atomic E-state index is 0.188. The van der Waals surface area contributed by atoms with Gasteiger partial charge in [-0.05, 0) is 49.6 Å². The van der Waals surface area contributed by atoms with Crippen molar-refractivity contribution in [2.75, 3.05) is 0 Å². The summed E-state index contributed by atoms with van der Waals surface area (Å²) in [4.78, 5) is 35.0. The molecule has 0 saturated carbocycles. The third kappa shape index (κ3) is 2.25. The maximum absolute atomic E-state index is 13.3. The Hall–Kier alpha value is -3.02. The van der Waals surface area contributed by atoms with Crippen LogP contribution >= 0.6 is 0 Å². The van der Waals surface area contributed by atoms with Gasteiger partial charge in [0.1, 0.15) is 5.82 Å². The number of fused-ring (bicyclic) bond motifs is 4. The number of aryl methyl sites for hydroxylation is 2. The Morgan fingerprint density at radius 1 is 1.24 bits per heavy atom. The molecular formula is C19H18N4O2. The normalized spacial score (nSPS) is 16.1. The van der Waals surface area contributed by atoms with E-state index in [1.165, 1.54) is 4.57 Å². The Bertz CT molecular complexity index is 1080. The summed E-state index contributed by atoms with van der Waals surface area (Å²) in [5.41, 5.74) is 2.77. The van der Waals surface area contributed by atoms with Gasteiger partial charge in [0.15, 0.2) is 5.82 Å². The summed E-state index contributed by atoms with van der Waals surface area (Å²) in [6.07, 6.45) is 2.21. The molecule has 1 atom stereocenters. The lowest BCUT2D eigenvalue weighted by atomic mass is 10.1. The van der Waals surface area contributed by atoms with E-state index in [1.807, 2.05) is 32.9 Å². The van der Waals surface area contributed by atoms with Crippen LogP contribution in [0.2, 0.25) is 0 Å². The van der Waals surface area contributed by atoms with E-state index in [0.29, 0.717) is 34.5 Å². The van der Waals surface area contributed by atoms with E-state index >= 15 is 0 Å². The highest BCUT2D eigenvalue weighted by atomic mass is 16.2. The van der Waals surface area contributed by atoms with Gasteiger partial charge in [-0.25, -0.2) is 14.5 Å². The Morgan fingerprint density at radius 3 is 2.80 bits per heavy atom. The summed E-state index contributed by atoms with van der Waals surface area (Å²) in [5, 5.41) is 3.53. The van der Waals surface area contributed by atoms with Crippen LogP contribution < -0.4 is 10.9 Å². The largest absolute Gasteiger partial charge is 0.342 e. The lowest BCUT2D eigenvalue weighted by Crippen LogP contribution is -2.30. The molecule has 1 unspecified atom stereocenters. The number of rotatable bonds is 1. The number of aromatic nitrogens is 3. The predicted octanol–water partition coefficient (Wildman–Crippen LogP) is 2.59. The van der Waals surface area contributed by atoms with E-state index in [9.17, 15) is 9.59 Å². The molecule has 1 N–H and O–H groups in total. The van der Waals surface area contributed by atoms with Crippen molar-refractivity contribution in [3.05, 3.63) is 63.3 Å². The number of benzene rings is 1. The molecule has 0 bridgehead atoms. The molecule has 0 aliphatic carbocycles. The molecule has 0 spiro atoms. The number of amides is 1. The van der Waals surface area contributed by atoms with Crippen LogP contribution in [0.15, 0.2) is 35.3 Å². The standard InChI is InChI=1S/C19H18N4O2/c1-4-13-17-21-14-9-10(2)8-11(3)15(14)19(25)23(17)16-12(18(24)22-13)6-5-7-20-16/h5-9,13H,4H2,1-3H3,(H,22,24). The summed E-state index contributed by atoms with van der Waals surface area (Å²) in [6.45, 7) is 5.84. The van der Waals surface area contributed by atoms with Crippen LogP contribution in [0.25, 0.3) is 16.7 Å². The van der Waals surface area contributed by atoms with Gasteiger partial charge in [-0.1, -0.05) is 13.0 Å². The summed E-state index contributed by atoms with van der Waals surface area (Å²) >= 11 is 0. The molecule has 1 aliphatic heterocycles. The van der Waals surface area contributed by atoms with Crippen LogP contribution in [-0.4, -0.2) is 20.4 Å². The summed E-state index contributed by atoms with van der Waals surface area (Å²) in [7, 11) is 0. The first-order chi connectivity index (χ1) is 12.0. The van der Waals surface area contributed by atoms with Gasteiger partial charge in [-0.3, -0.25) is 9.59 Å². The third-order valence-electron chi connectivity index (χ3n) is 4.61. The SMILES string of the molecule is CCC1NC(=O)c2cccnc2-n2c1nc1cc(C)cc(C)c1c2=O. The van der Waals surface area contributed by atoms with Crippen molar-refractivity contribution in [3.8, 4) is 5.82 Å². The number of hydrogen-bond donors (Lipinski definition) is 1. The molecule has 1 aliphatic rings. The average Bonchev–Trinajstić information content (AvgIpc) is 2.69. The number of pyridine rings is 1. The molecule has 6 heteroatoms. The number of nitrogens with one attached hydrogen (secondary N) is 1. The maximum Gasteiger partial charge on any atom is 0.267 e. The van der Waals surface area contributed by atoms with Gasteiger partial charge < -0.3 is 5.32 Å². The second-order valence-corrected chi connectivity index (χ2v) is 6.40. The zero-order valence-corrected chi connectivity index (χ0v) is 14.3. The highest BCUT2D eigenvalue weighted by molar-refractivity contribution is 5.98.